The summed E-state index contributed by atoms with van der Waals surface area (Å²) < 4.78 is 14.9. The van der Waals surface area contributed by atoms with Crippen molar-refractivity contribution in [1.82, 2.24) is 14.7 Å². The Balaban J connectivity index is 1.61. The summed E-state index contributed by atoms with van der Waals surface area (Å²) in [5.41, 5.74) is 1.93. The van der Waals surface area contributed by atoms with Crippen molar-refractivity contribution in [2.75, 3.05) is 13.1 Å². The van der Waals surface area contributed by atoms with E-state index in [4.69, 9.17) is 0 Å². The highest BCUT2D eigenvalue weighted by Gasteiger charge is 2.27. The molecule has 0 aliphatic carbocycles. The maximum absolute atomic E-state index is 13.0. The molecule has 0 bridgehead atoms. The van der Waals surface area contributed by atoms with Crippen LogP contribution in [0.5, 0.6) is 0 Å². The van der Waals surface area contributed by atoms with Crippen molar-refractivity contribution in [2.45, 2.75) is 38.5 Å². The van der Waals surface area contributed by atoms with E-state index in [1.807, 2.05) is 24.0 Å². The maximum atomic E-state index is 13.0. The van der Waals surface area contributed by atoms with E-state index in [1.54, 1.807) is 12.1 Å². The highest BCUT2D eigenvalue weighted by Crippen LogP contribution is 2.23. The Bertz CT molecular complexity index is 611. The van der Waals surface area contributed by atoms with Crippen LogP contribution in [0.1, 0.15) is 30.1 Å². The third-order valence-corrected chi connectivity index (χ3v) is 4.32. The summed E-state index contributed by atoms with van der Waals surface area (Å²) in [7, 11) is 0. The van der Waals surface area contributed by atoms with Gasteiger partial charge in [0.15, 0.2) is 0 Å². The fourth-order valence-electron chi connectivity index (χ4n) is 3.14. The molecule has 0 amide bonds. The SMILES string of the molecule is Cc1cnn(C[C@H]2CCCN2C[C@@H](O)c2ccc(F)cc2)c1. The number of aryl methyl sites for hydroxylation is 1. The first kappa shape index (κ1) is 15.2. The Morgan fingerprint density at radius 3 is 2.82 bits per heavy atom. The van der Waals surface area contributed by atoms with Crippen molar-refractivity contribution >= 4 is 0 Å². The second kappa shape index (κ2) is 6.58. The van der Waals surface area contributed by atoms with Crippen LogP contribution in [0.25, 0.3) is 0 Å². The van der Waals surface area contributed by atoms with E-state index in [2.05, 4.69) is 10.00 Å². The van der Waals surface area contributed by atoms with E-state index in [0.29, 0.717) is 12.6 Å². The van der Waals surface area contributed by atoms with Crippen LogP contribution < -0.4 is 0 Å². The molecule has 2 aromatic rings. The number of aliphatic hydroxyl groups is 1. The first-order valence-corrected chi connectivity index (χ1v) is 7.78. The molecule has 0 unspecified atom stereocenters. The summed E-state index contributed by atoms with van der Waals surface area (Å²) in [4.78, 5) is 2.31. The van der Waals surface area contributed by atoms with Crippen LogP contribution >= 0.6 is 0 Å². The van der Waals surface area contributed by atoms with Gasteiger partial charge in [-0.3, -0.25) is 9.58 Å². The van der Waals surface area contributed by atoms with Gasteiger partial charge in [-0.05, 0) is 49.6 Å². The summed E-state index contributed by atoms with van der Waals surface area (Å²) in [6.45, 7) is 4.46. The van der Waals surface area contributed by atoms with Crippen LogP contribution in [0.15, 0.2) is 36.7 Å². The number of aromatic nitrogens is 2. The predicted octanol–water partition coefficient (Wildman–Crippen LogP) is 2.53. The molecular formula is C17H22FN3O. The number of benzene rings is 1. The van der Waals surface area contributed by atoms with Gasteiger partial charge in [-0.1, -0.05) is 12.1 Å². The molecule has 3 rings (SSSR count). The lowest BCUT2D eigenvalue weighted by molar-refractivity contribution is 0.100. The standard InChI is InChI=1S/C17H22FN3O/c1-13-9-19-21(10-13)11-16-3-2-8-20(16)12-17(22)14-4-6-15(18)7-5-14/h4-7,9-10,16-17,22H,2-3,8,11-12H2,1H3/t16-,17-/m1/s1. The summed E-state index contributed by atoms with van der Waals surface area (Å²) in [6.07, 6.45) is 5.59. The minimum Gasteiger partial charge on any atom is -0.387 e. The van der Waals surface area contributed by atoms with Gasteiger partial charge in [0, 0.05) is 18.8 Å². The molecule has 1 aliphatic heterocycles. The van der Waals surface area contributed by atoms with E-state index in [1.165, 1.54) is 12.1 Å². The normalized spacial score (nSPS) is 20.4. The second-order valence-corrected chi connectivity index (χ2v) is 6.10. The van der Waals surface area contributed by atoms with Gasteiger partial charge in [-0.15, -0.1) is 0 Å². The molecule has 5 heteroatoms. The number of aliphatic hydroxyl groups excluding tert-OH is 1. The van der Waals surface area contributed by atoms with Gasteiger partial charge in [0.1, 0.15) is 5.82 Å². The van der Waals surface area contributed by atoms with E-state index in [9.17, 15) is 9.50 Å². The first-order valence-electron chi connectivity index (χ1n) is 7.78. The molecule has 2 atom stereocenters. The van der Waals surface area contributed by atoms with E-state index in [0.717, 1.165) is 37.1 Å². The van der Waals surface area contributed by atoms with Crippen LogP contribution in [-0.2, 0) is 6.54 Å². The fourth-order valence-corrected chi connectivity index (χ4v) is 3.14. The smallest absolute Gasteiger partial charge is 0.123 e. The third kappa shape index (κ3) is 3.54. The van der Waals surface area contributed by atoms with Crippen molar-refractivity contribution in [3.63, 3.8) is 0 Å². The number of hydrogen-bond acceptors (Lipinski definition) is 3. The highest BCUT2D eigenvalue weighted by molar-refractivity contribution is 5.18. The molecule has 1 fully saturated rings. The van der Waals surface area contributed by atoms with Crippen LogP contribution in [0.2, 0.25) is 0 Å². The topological polar surface area (TPSA) is 41.3 Å². The lowest BCUT2D eigenvalue weighted by atomic mass is 10.1. The van der Waals surface area contributed by atoms with Crippen molar-refractivity contribution in [3.05, 3.63) is 53.6 Å². The zero-order valence-electron chi connectivity index (χ0n) is 12.8. The summed E-state index contributed by atoms with van der Waals surface area (Å²) in [5, 5.41) is 14.7. The Morgan fingerprint density at radius 1 is 1.36 bits per heavy atom. The molecule has 4 nitrogen and oxygen atoms in total. The van der Waals surface area contributed by atoms with Gasteiger partial charge in [0.25, 0.3) is 0 Å². The van der Waals surface area contributed by atoms with Crippen molar-refractivity contribution < 1.29 is 9.50 Å². The fraction of sp³-hybridized carbons (Fsp3) is 0.471. The molecule has 1 aromatic heterocycles. The molecule has 2 heterocycles. The molecule has 118 valence electrons. The van der Waals surface area contributed by atoms with Crippen molar-refractivity contribution in [2.24, 2.45) is 0 Å². The van der Waals surface area contributed by atoms with Crippen molar-refractivity contribution in [3.8, 4) is 0 Å². The summed E-state index contributed by atoms with van der Waals surface area (Å²) in [6, 6.07) is 6.50. The monoisotopic (exact) mass is 303 g/mol. The minimum atomic E-state index is -0.583. The predicted molar refractivity (Wildman–Crippen MR) is 82.9 cm³/mol. The van der Waals surface area contributed by atoms with Gasteiger partial charge >= 0.3 is 0 Å². The molecule has 1 aliphatic rings. The van der Waals surface area contributed by atoms with Crippen molar-refractivity contribution in [1.29, 1.82) is 0 Å². The maximum Gasteiger partial charge on any atom is 0.123 e. The van der Waals surface area contributed by atoms with Crippen LogP contribution in [-0.4, -0.2) is 38.9 Å². The molecular weight excluding hydrogens is 281 g/mol. The Hall–Kier alpha value is -1.72. The number of rotatable bonds is 5. The Kier molecular flexibility index (Phi) is 4.55. The second-order valence-electron chi connectivity index (χ2n) is 6.10. The first-order chi connectivity index (χ1) is 10.6. The highest BCUT2D eigenvalue weighted by atomic mass is 19.1. The molecule has 1 saturated heterocycles. The van der Waals surface area contributed by atoms with E-state index >= 15 is 0 Å². The molecule has 0 spiro atoms. The quantitative estimate of drug-likeness (QED) is 0.923. The molecule has 1 N–H and O–H groups in total. The lowest BCUT2D eigenvalue weighted by Crippen LogP contribution is -2.36. The van der Waals surface area contributed by atoms with E-state index < -0.39 is 6.10 Å². The van der Waals surface area contributed by atoms with Crippen LogP contribution in [0, 0.1) is 12.7 Å². The number of halogens is 1. The van der Waals surface area contributed by atoms with Gasteiger partial charge < -0.3 is 5.11 Å². The summed E-state index contributed by atoms with van der Waals surface area (Å²) >= 11 is 0. The Morgan fingerprint density at radius 2 is 2.14 bits per heavy atom. The average molecular weight is 303 g/mol. The lowest BCUT2D eigenvalue weighted by Gasteiger charge is -2.27. The molecule has 0 saturated carbocycles. The number of nitrogens with zero attached hydrogens (tertiary/aromatic N) is 3. The van der Waals surface area contributed by atoms with Gasteiger partial charge in [0.2, 0.25) is 0 Å². The zero-order chi connectivity index (χ0) is 15.5. The Labute approximate surface area is 130 Å². The molecule has 22 heavy (non-hydrogen) atoms. The summed E-state index contributed by atoms with van der Waals surface area (Å²) in [5.74, 6) is -0.274. The average Bonchev–Trinajstić information content (AvgIpc) is 3.10. The molecule has 1 aromatic carbocycles. The minimum absolute atomic E-state index is 0.274. The van der Waals surface area contributed by atoms with Gasteiger partial charge in [-0.2, -0.15) is 5.10 Å². The van der Waals surface area contributed by atoms with Crippen LogP contribution in [0.3, 0.4) is 0 Å². The molecule has 0 radical (unpaired) electrons. The van der Waals surface area contributed by atoms with Crippen LogP contribution in [0.4, 0.5) is 4.39 Å². The third-order valence-electron chi connectivity index (χ3n) is 4.32. The van der Waals surface area contributed by atoms with Gasteiger partial charge in [0.05, 0.1) is 18.8 Å². The number of hydrogen-bond donors (Lipinski definition) is 1. The number of β-amino-alcohol motifs (C(OH)–C–C–N with tert-alkyl or cyclic N) is 1. The van der Waals surface area contributed by atoms with E-state index in [-0.39, 0.29) is 5.82 Å². The zero-order valence-corrected chi connectivity index (χ0v) is 12.8. The number of likely N-dealkylation sites (tertiary alicyclic amines) is 1. The largest absolute Gasteiger partial charge is 0.387 e. The van der Waals surface area contributed by atoms with Gasteiger partial charge in [-0.25, -0.2) is 4.39 Å².